The van der Waals surface area contributed by atoms with Gasteiger partial charge in [0, 0.05) is 5.56 Å². The quantitative estimate of drug-likeness (QED) is 0.881. The van der Waals surface area contributed by atoms with Crippen molar-refractivity contribution in [3.63, 3.8) is 0 Å². The van der Waals surface area contributed by atoms with Crippen LogP contribution in [-0.4, -0.2) is 16.1 Å². The highest BCUT2D eigenvalue weighted by molar-refractivity contribution is 5.87. The van der Waals surface area contributed by atoms with Crippen molar-refractivity contribution in [3.05, 3.63) is 40.3 Å². The maximum atomic E-state index is 11.0. The first-order valence-corrected chi connectivity index (χ1v) is 5.69. The first kappa shape index (κ1) is 12.4. The summed E-state index contributed by atoms with van der Waals surface area (Å²) in [5.74, 6) is -0.360. The van der Waals surface area contributed by atoms with Crippen molar-refractivity contribution in [2.45, 2.75) is 27.7 Å². The fraction of sp³-hybridized carbons (Fsp3) is 0.286. The van der Waals surface area contributed by atoms with E-state index in [2.05, 4.69) is 4.98 Å². The highest BCUT2D eigenvalue weighted by atomic mass is 16.4. The number of nitrogens with zero attached hydrogens (tertiary/aromatic N) is 1. The van der Waals surface area contributed by atoms with Crippen molar-refractivity contribution >= 4 is 5.97 Å². The third-order valence-corrected chi connectivity index (χ3v) is 2.89. The molecular weight excluding hydrogens is 230 g/mol. The van der Waals surface area contributed by atoms with Gasteiger partial charge in [-0.25, -0.2) is 9.78 Å². The molecular formula is C14H15NO3. The minimum Gasteiger partial charge on any atom is -0.476 e. The third-order valence-electron chi connectivity index (χ3n) is 2.89. The molecule has 0 radical (unpaired) electrons. The molecule has 0 atom stereocenters. The molecule has 4 heteroatoms. The SMILES string of the molecule is Cc1cc(C)c(-c2nc(C(=O)O)c(C)o2)c(C)c1. The van der Waals surface area contributed by atoms with Crippen LogP contribution in [0.5, 0.6) is 0 Å². The molecule has 0 bridgehead atoms. The molecule has 1 aromatic carbocycles. The number of carboxylic acids is 1. The van der Waals surface area contributed by atoms with Crippen LogP contribution in [-0.2, 0) is 0 Å². The number of carboxylic acid groups (broad SMARTS) is 1. The molecule has 1 N–H and O–H groups in total. The normalized spacial score (nSPS) is 10.7. The summed E-state index contributed by atoms with van der Waals surface area (Å²) in [7, 11) is 0. The molecule has 1 heterocycles. The number of aromatic nitrogens is 1. The van der Waals surface area contributed by atoms with E-state index in [0.717, 1.165) is 22.3 Å². The van der Waals surface area contributed by atoms with Crippen LogP contribution in [0.4, 0.5) is 0 Å². The molecule has 0 spiro atoms. The molecule has 0 saturated carbocycles. The molecule has 2 rings (SSSR count). The lowest BCUT2D eigenvalue weighted by molar-refractivity contribution is 0.0689. The number of benzene rings is 1. The highest BCUT2D eigenvalue weighted by Crippen LogP contribution is 2.29. The Bertz CT molecular complexity index is 603. The molecule has 0 saturated heterocycles. The van der Waals surface area contributed by atoms with Gasteiger partial charge in [0.2, 0.25) is 5.89 Å². The standard InChI is InChI=1S/C14H15NO3/c1-7-5-8(2)11(9(3)6-7)13-15-12(14(16)17)10(4)18-13/h5-6H,1-4H3,(H,16,17). The maximum absolute atomic E-state index is 11.0. The van der Waals surface area contributed by atoms with Crippen LogP contribution in [0.25, 0.3) is 11.5 Å². The zero-order valence-corrected chi connectivity index (χ0v) is 10.9. The molecule has 94 valence electrons. The van der Waals surface area contributed by atoms with Crippen LogP contribution in [0.2, 0.25) is 0 Å². The number of oxazole rings is 1. The summed E-state index contributed by atoms with van der Waals surface area (Å²) >= 11 is 0. The molecule has 0 aliphatic carbocycles. The lowest BCUT2D eigenvalue weighted by atomic mass is 10.00. The van der Waals surface area contributed by atoms with Crippen LogP contribution in [0.15, 0.2) is 16.5 Å². The van der Waals surface area contributed by atoms with Crippen LogP contribution in [0.1, 0.15) is 32.9 Å². The van der Waals surface area contributed by atoms with Crippen molar-refractivity contribution in [1.82, 2.24) is 4.98 Å². The molecule has 4 nitrogen and oxygen atoms in total. The van der Waals surface area contributed by atoms with Gasteiger partial charge in [0.25, 0.3) is 0 Å². The monoisotopic (exact) mass is 245 g/mol. The molecule has 0 unspecified atom stereocenters. The Morgan fingerprint density at radius 2 is 1.72 bits per heavy atom. The average molecular weight is 245 g/mol. The Hall–Kier alpha value is -2.10. The second-order valence-corrected chi connectivity index (χ2v) is 4.50. The molecule has 0 fully saturated rings. The van der Waals surface area contributed by atoms with E-state index in [1.165, 1.54) is 0 Å². The van der Waals surface area contributed by atoms with Crippen molar-refractivity contribution in [2.75, 3.05) is 0 Å². The van der Waals surface area contributed by atoms with E-state index >= 15 is 0 Å². The minimum absolute atomic E-state index is 0.0237. The Morgan fingerprint density at radius 1 is 1.17 bits per heavy atom. The predicted molar refractivity (Wildman–Crippen MR) is 67.8 cm³/mol. The summed E-state index contributed by atoms with van der Waals surface area (Å²) in [4.78, 5) is 15.0. The summed E-state index contributed by atoms with van der Waals surface area (Å²) in [6, 6.07) is 4.06. The van der Waals surface area contributed by atoms with Crippen molar-refractivity contribution in [3.8, 4) is 11.5 Å². The summed E-state index contributed by atoms with van der Waals surface area (Å²) in [6.45, 7) is 7.57. The van der Waals surface area contributed by atoms with Crippen LogP contribution in [0, 0.1) is 27.7 Å². The van der Waals surface area contributed by atoms with Gasteiger partial charge in [-0.05, 0) is 38.8 Å². The largest absolute Gasteiger partial charge is 0.476 e. The number of hydrogen-bond acceptors (Lipinski definition) is 3. The summed E-state index contributed by atoms with van der Waals surface area (Å²) in [6.07, 6.45) is 0. The van der Waals surface area contributed by atoms with Crippen LogP contribution < -0.4 is 0 Å². The first-order chi connectivity index (χ1) is 8.40. The van der Waals surface area contributed by atoms with Gasteiger partial charge < -0.3 is 9.52 Å². The molecule has 1 aromatic heterocycles. The summed E-state index contributed by atoms with van der Waals surface area (Å²) in [5, 5.41) is 8.99. The van der Waals surface area contributed by atoms with E-state index in [1.54, 1.807) is 6.92 Å². The highest BCUT2D eigenvalue weighted by Gasteiger charge is 2.19. The van der Waals surface area contributed by atoms with Gasteiger partial charge in [-0.3, -0.25) is 0 Å². The minimum atomic E-state index is -1.06. The molecule has 0 amide bonds. The van der Waals surface area contributed by atoms with Gasteiger partial charge in [0.15, 0.2) is 5.69 Å². The topological polar surface area (TPSA) is 63.3 Å². The van der Waals surface area contributed by atoms with E-state index in [0.29, 0.717) is 11.7 Å². The second kappa shape index (κ2) is 4.29. The van der Waals surface area contributed by atoms with Gasteiger partial charge >= 0.3 is 5.97 Å². The maximum Gasteiger partial charge on any atom is 0.358 e. The Balaban J connectivity index is 2.63. The smallest absolute Gasteiger partial charge is 0.358 e. The van der Waals surface area contributed by atoms with Gasteiger partial charge in [0.1, 0.15) is 5.76 Å². The molecule has 18 heavy (non-hydrogen) atoms. The number of aryl methyl sites for hydroxylation is 4. The lowest BCUT2D eigenvalue weighted by Gasteiger charge is -2.07. The molecule has 2 aromatic rings. The van der Waals surface area contributed by atoms with E-state index in [9.17, 15) is 4.79 Å². The number of aromatic carboxylic acids is 1. The van der Waals surface area contributed by atoms with Gasteiger partial charge in [-0.1, -0.05) is 17.7 Å². The molecule has 0 aliphatic rings. The first-order valence-electron chi connectivity index (χ1n) is 5.69. The fourth-order valence-electron chi connectivity index (χ4n) is 2.22. The zero-order chi connectivity index (χ0) is 13.4. The number of hydrogen-bond donors (Lipinski definition) is 1. The lowest BCUT2D eigenvalue weighted by Crippen LogP contribution is -1.98. The fourth-order valence-corrected chi connectivity index (χ4v) is 2.22. The van der Waals surface area contributed by atoms with Crippen LogP contribution in [0.3, 0.4) is 0 Å². The Kier molecular flexibility index (Phi) is 2.95. The summed E-state index contributed by atoms with van der Waals surface area (Å²) in [5.41, 5.74) is 4.08. The third kappa shape index (κ3) is 2.01. The predicted octanol–water partition coefficient (Wildman–Crippen LogP) is 3.27. The number of carbonyl (C=O) groups is 1. The van der Waals surface area contributed by atoms with Crippen molar-refractivity contribution < 1.29 is 14.3 Å². The van der Waals surface area contributed by atoms with E-state index in [-0.39, 0.29) is 5.69 Å². The second-order valence-electron chi connectivity index (χ2n) is 4.50. The zero-order valence-electron chi connectivity index (χ0n) is 10.9. The Morgan fingerprint density at radius 3 is 2.17 bits per heavy atom. The van der Waals surface area contributed by atoms with Gasteiger partial charge in [-0.15, -0.1) is 0 Å². The van der Waals surface area contributed by atoms with Crippen molar-refractivity contribution in [1.29, 1.82) is 0 Å². The Labute approximate surface area is 105 Å². The van der Waals surface area contributed by atoms with E-state index in [4.69, 9.17) is 9.52 Å². The number of rotatable bonds is 2. The summed E-state index contributed by atoms with van der Waals surface area (Å²) < 4.78 is 5.47. The van der Waals surface area contributed by atoms with Crippen LogP contribution >= 0.6 is 0 Å². The van der Waals surface area contributed by atoms with E-state index in [1.807, 2.05) is 32.9 Å². The van der Waals surface area contributed by atoms with Gasteiger partial charge in [-0.2, -0.15) is 0 Å². The van der Waals surface area contributed by atoms with Crippen molar-refractivity contribution in [2.24, 2.45) is 0 Å². The average Bonchev–Trinajstić information content (AvgIpc) is 2.58. The molecule has 0 aliphatic heterocycles. The van der Waals surface area contributed by atoms with Gasteiger partial charge in [0.05, 0.1) is 0 Å². The van der Waals surface area contributed by atoms with E-state index < -0.39 is 5.97 Å².